The smallest absolute Gasteiger partial charge is 0.308 e. The Kier molecular flexibility index (Phi) is 5.54. The van der Waals surface area contributed by atoms with Crippen LogP contribution in [-0.2, 0) is 4.79 Å². The molecular formula is C15H24N4O3. The minimum atomic E-state index is -0.822. The lowest BCUT2D eigenvalue weighted by Crippen LogP contribution is -2.42. The van der Waals surface area contributed by atoms with Gasteiger partial charge in [0.2, 0.25) is 0 Å². The van der Waals surface area contributed by atoms with Gasteiger partial charge in [0.25, 0.3) is 0 Å². The van der Waals surface area contributed by atoms with Crippen LogP contribution in [0.25, 0.3) is 0 Å². The molecule has 122 valence electrons. The number of nitrogens with zero attached hydrogens (tertiary/aromatic N) is 4. The van der Waals surface area contributed by atoms with Crippen LogP contribution in [0, 0.1) is 5.92 Å². The second-order valence-electron chi connectivity index (χ2n) is 5.88. The average Bonchev–Trinajstić information content (AvgIpc) is 2.54. The van der Waals surface area contributed by atoms with Crippen LogP contribution in [-0.4, -0.2) is 58.9 Å². The number of hydrogen-bond donors (Lipinski definition) is 2. The molecule has 0 radical (unpaired) electrons. The maximum Gasteiger partial charge on any atom is 0.308 e. The fourth-order valence-corrected chi connectivity index (χ4v) is 2.78. The Hall–Kier alpha value is -1.89. The zero-order valence-electron chi connectivity index (χ0n) is 13.1. The Labute approximate surface area is 130 Å². The van der Waals surface area contributed by atoms with Crippen molar-refractivity contribution in [3.05, 3.63) is 12.4 Å². The van der Waals surface area contributed by atoms with Gasteiger partial charge in [-0.3, -0.25) is 4.79 Å². The van der Waals surface area contributed by atoms with Crippen molar-refractivity contribution in [1.29, 1.82) is 0 Å². The Balaban J connectivity index is 2.13. The van der Waals surface area contributed by atoms with Gasteiger partial charge in [-0.25, -0.2) is 9.97 Å². The first-order chi connectivity index (χ1) is 10.5. The van der Waals surface area contributed by atoms with E-state index < -0.39 is 11.9 Å². The first-order valence-corrected chi connectivity index (χ1v) is 7.66. The van der Waals surface area contributed by atoms with Crippen molar-refractivity contribution < 1.29 is 15.0 Å². The van der Waals surface area contributed by atoms with Crippen LogP contribution in [0.3, 0.4) is 0 Å². The van der Waals surface area contributed by atoms with E-state index in [1.165, 1.54) is 6.33 Å². The second-order valence-corrected chi connectivity index (χ2v) is 5.88. The minimum absolute atomic E-state index is 0.0970. The predicted molar refractivity (Wildman–Crippen MR) is 84.2 cm³/mol. The monoisotopic (exact) mass is 308 g/mol. The van der Waals surface area contributed by atoms with E-state index in [-0.39, 0.29) is 12.6 Å². The summed E-state index contributed by atoms with van der Waals surface area (Å²) >= 11 is 0. The van der Waals surface area contributed by atoms with E-state index in [0.717, 1.165) is 31.6 Å². The van der Waals surface area contributed by atoms with Crippen molar-refractivity contribution in [2.24, 2.45) is 5.92 Å². The van der Waals surface area contributed by atoms with Crippen molar-refractivity contribution in [1.82, 2.24) is 9.97 Å². The predicted octanol–water partition coefficient (Wildman–Crippen LogP) is 0.985. The molecule has 1 aromatic rings. The summed E-state index contributed by atoms with van der Waals surface area (Å²) in [6, 6.07) is 1.96. The highest BCUT2D eigenvalue weighted by atomic mass is 16.4. The van der Waals surface area contributed by atoms with Crippen LogP contribution in [0.1, 0.15) is 26.2 Å². The molecular weight excluding hydrogens is 284 g/mol. The van der Waals surface area contributed by atoms with Crippen LogP contribution in [0.2, 0.25) is 0 Å². The third kappa shape index (κ3) is 3.85. The molecule has 22 heavy (non-hydrogen) atoms. The molecule has 0 spiro atoms. The van der Waals surface area contributed by atoms with E-state index in [9.17, 15) is 9.90 Å². The number of carboxylic acids is 1. The summed E-state index contributed by atoms with van der Waals surface area (Å²) in [7, 11) is 1.82. The molecule has 2 atom stereocenters. The summed E-state index contributed by atoms with van der Waals surface area (Å²) in [5.74, 6) is 0.194. The normalized spacial score (nSPS) is 19.8. The fraction of sp³-hybridized carbons (Fsp3) is 0.667. The van der Waals surface area contributed by atoms with Gasteiger partial charge in [-0.1, -0.05) is 6.92 Å². The standard InChI is InChI=1S/C15H24N4O3/c1-11(15(21)22)8-18(2)13-7-14(17-10-16-13)19-6-4-3-5-12(19)9-20/h7,10-12,20H,3-6,8-9H2,1-2H3,(H,21,22). The number of aliphatic hydroxyl groups excluding tert-OH is 1. The highest BCUT2D eigenvalue weighted by Crippen LogP contribution is 2.25. The van der Waals surface area contributed by atoms with E-state index in [4.69, 9.17) is 5.11 Å². The van der Waals surface area contributed by atoms with Crippen molar-refractivity contribution in [3.8, 4) is 0 Å². The zero-order chi connectivity index (χ0) is 16.1. The second kappa shape index (κ2) is 7.40. The van der Waals surface area contributed by atoms with Gasteiger partial charge in [-0.2, -0.15) is 0 Å². The van der Waals surface area contributed by atoms with Gasteiger partial charge in [0.05, 0.1) is 18.6 Å². The van der Waals surface area contributed by atoms with E-state index >= 15 is 0 Å². The van der Waals surface area contributed by atoms with Gasteiger partial charge in [0, 0.05) is 26.2 Å². The molecule has 7 heteroatoms. The Bertz CT molecular complexity index is 511. The molecule has 0 saturated carbocycles. The number of anilines is 2. The van der Waals surface area contributed by atoms with Crippen molar-refractivity contribution in [3.63, 3.8) is 0 Å². The number of aliphatic carboxylic acids is 1. The Morgan fingerprint density at radius 3 is 2.95 bits per heavy atom. The topological polar surface area (TPSA) is 89.8 Å². The highest BCUT2D eigenvalue weighted by Gasteiger charge is 2.23. The molecule has 0 amide bonds. The maximum atomic E-state index is 11.0. The molecule has 1 saturated heterocycles. The number of aliphatic hydroxyl groups is 1. The fourth-order valence-electron chi connectivity index (χ4n) is 2.78. The molecule has 2 N–H and O–H groups in total. The molecule has 1 aliphatic heterocycles. The van der Waals surface area contributed by atoms with E-state index in [1.54, 1.807) is 6.92 Å². The molecule has 7 nitrogen and oxygen atoms in total. The third-order valence-electron chi connectivity index (χ3n) is 4.13. The van der Waals surface area contributed by atoms with Crippen LogP contribution in [0.4, 0.5) is 11.6 Å². The number of rotatable bonds is 6. The van der Waals surface area contributed by atoms with E-state index in [0.29, 0.717) is 12.4 Å². The minimum Gasteiger partial charge on any atom is -0.481 e. The van der Waals surface area contributed by atoms with E-state index in [1.807, 2.05) is 18.0 Å². The Morgan fingerprint density at radius 1 is 1.50 bits per heavy atom. The molecule has 2 rings (SSSR count). The summed E-state index contributed by atoms with van der Waals surface area (Å²) in [6.45, 7) is 3.05. The lowest BCUT2D eigenvalue weighted by molar-refractivity contribution is -0.140. The van der Waals surface area contributed by atoms with Crippen molar-refractivity contribution in [2.75, 3.05) is 36.5 Å². The lowest BCUT2D eigenvalue weighted by atomic mass is 10.0. The van der Waals surface area contributed by atoms with Gasteiger partial charge in [0.15, 0.2) is 0 Å². The molecule has 0 bridgehead atoms. The number of aromatic nitrogens is 2. The average molecular weight is 308 g/mol. The van der Waals surface area contributed by atoms with Crippen LogP contribution in [0.15, 0.2) is 12.4 Å². The molecule has 1 fully saturated rings. The largest absolute Gasteiger partial charge is 0.481 e. The summed E-state index contributed by atoms with van der Waals surface area (Å²) in [4.78, 5) is 23.5. The van der Waals surface area contributed by atoms with Crippen LogP contribution < -0.4 is 9.80 Å². The van der Waals surface area contributed by atoms with Crippen molar-refractivity contribution in [2.45, 2.75) is 32.2 Å². The summed E-state index contributed by atoms with van der Waals surface area (Å²) in [5, 5.41) is 18.5. The third-order valence-corrected chi connectivity index (χ3v) is 4.13. The number of hydrogen-bond acceptors (Lipinski definition) is 6. The van der Waals surface area contributed by atoms with Gasteiger partial charge >= 0.3 is 5.97 Å². The quantitative estimate of drug-likeness (QED) is 0.809. The van der Waals surface area contributed by atoms with Crippen LogP contribution >= 0.6 is 0 Å². The first kappa shape index (κ1) is 16.5. The zero-order valence-corrected chi connectivity index (χ0v) is 13.1. The van der Waals surface area contributed by atoms with Crippen LogP contribution in [0.5, 0.6) is 0 Å². The molecule has 2 unspecified atom stereocenters. The number of piperidine rings is 1. The number of carbonyl (C=O) groups is 1. The van der Waals surface area contributed by atoms with Gasteiger partial charge in [-0.15, -0.1) is 0 Å². The highest BCUT2D eigenvalue weighted by molar-refractivity contribution is 5.70. The van der Waals surface area contributed by atoms with Gasteiger partial charge in [0.1, 0.15) is 18.0 Å². The summed E-state index contributed by atoms with van der Waals surface area (Å²) in [5.41, 5.74) is 0. The molecule has 0 aliphatic carbocycles. The molecule has 2 heterocycles. The SMILES string of the molecule is CC(CN(C)c1cc(N2CCCCC2CO)ncn1)C(=O)O. The molecule has 0 aromatic carbocycles. The summed E-state index contributed by atoms with van der Waals surface area (Å²) in [6.07, 6.45) is 4.66. The summed E-state index contributed by atoms with van der Waals surface area (Å²) < 4.78 is 0. The van der Waals surface area contributed by atoms with Crippen molar-refractivity contribution >= 4 is 17.6 Å². The molecule has 1 aromatic heterocycles. The maximum absolute atomic E-state index is 11.0. The first-order valence-electron chi connectivity index (χ1n) is 7.66. The van der Waals surface area contributed by atoms with E-state index in [2.05, 4.69) is 14.9 Å². The lowest BCUT2D eigenvalue weighted by Gasteiger charge is -2.35. The van der Waals surface area contributed by atoms with Gasteiger partial charge in [-0.05, 0) is 19.3 Å². The number of carboxylic acid groups (broad SMARTS) is 1. The molecule has 1 aliphatic rings. The Morgan fingerprint density at radius 2 is 2.27 bits per heavy atom. The van der Waals surface area contributed by atoms with Gasteiger partial charge < -0.3 is 20.0 Å².